The summed E-state index contributed by atoms with van der Waals surface area (Å²) in [5.74, 6) is 0.255. The lowest BCUT2D eigenvalue weighted by atomic mass is 9.97. The number of piperidine rings is 1. The van der Waals surface area contributed by atoms with Crippen LogP contribution in [0, 0.1) is 24.2 Å². The van der Waals surface area contributed by atoms with Gasteiger partial charge in [-0.05, 0) is 56.2 Å². The Bertz CT molecular complexity index is 1340. The molecule has 0 unspecified atom stereocenters. The molecular weight excluding hydrogens is 472 g/mol. The van der Waals surface area contributed by atoms with Crippen LogP contribution < -0.4 is 10.1 Å². The van der Waals surface area contributed by atoms with E-state index in [2.05, 4.69) is 10.3 Å². The van der Waals surface area contributed by atoms with Crippen LogP contribution in [0.3, 0.4) is 0 Å². The molecular formula is C24H24N4O4S2. The number of aryl methyl sites for hydroxylation is 1. The molecule has 34 heavy (non-hydrogen) atoms. The van der Waals surface area contributed by atoms with Crippen LogP contribution in [-0.4, -0.2) is 43.8 Å². The predicted octanol–water partition coefficient (Wildman–Crippen LogP) is 4.04. The molecule has 1 amide bonds. The van der Waals surface area contributed by atoms with E-state index >= 15 is 0 Å². The molecule has 1 aromatic heterocycles. The van der Waals surface area contributed by atoms with Crippen LogP contribution in [0.5, 0.6) is 5.75 Å². The summed E-state index contributed by atoms with van der Waals surface area (Å²) >= 11 is 1.34. The highest BCUT2D eigenvalue weighted by atomic mass is 32.2. The fourth-order valence-electron chi connectivity index (χ4n) is 3.89. The minimum Gasteiger partial charge on any atom is -0.496 e. The van der Waals surface area contributed by atoms with Gasteiger partial charge in [-0.2, -0.15) is 9.57 Å². The molecule has 3 aromatic rings. The van der Waals surface area contributed by atoms with E-state index in [9.17, 15) is 13.2 Å². The van der Waals surface area contributed by atoms with E-state index < -0.39 is 10.0 Å². The van der Waals surface area contributed by atoms with Gasteiger partial charge < -0.3 is 10.1 Å². The van der Waals surface area contributed by atoms with E-state index in [1.54, 1.807) is 7.11 Å². The maximum atomic E-state index is 12.9. The number of benzene rings is 2. The van der Waals surface area contributed by atoms with Crippen molar-refractivity contribution in [3.8, 4) is 23.1 Å². The maximum absolute atomic E-state index is 12.9. The van der Waals surface area contributed by atoms with Gasteiger partial charge in [0.05, 0.1) is 29.3 Å². The fourth-order valence-corrected chi connectivity index (χ4v) is 6.08. The summed E-state index contributed by atoms with van der Waals surface area (Å²) < 4.78 is 32.6. The molecule has 4 rings (SSSR count). The zero-order valence-corrected chi connectivity index (χ0v) is 20.4. The number of anilines is 1. The molecule has 10 heteroatoms. The molecule has 1 fully saturated rings. The highest BCUT2D eigenvalue weighted by Crippen LogP contribution is 2.33. The Kier molecular flexibility index (Phi) is 6.97. The number of hydrogen-bond acceptors (Lipinski definition) is 7. The number of ether oxygens (including phenoxy) is 1. The molecule has 0 saturated carbocycles. The minimum atomic E-state index is -3.66. The van der Waals surface area contributed by atoms with Gasteiger partial charge in [0.1, 0.15) is 5.75 Å². The Morgan fingerprint density at radius 1 is 1.21 bits per heavy atom. The summed E-state index contributed by atoms with van der Waals surface area (Å²) in [5, 5.41) is 14.2. The lowest BCUT2D eigenvalue weighted by molar-refractivity contribution is -0.120. The van der Waals surface area contributed by atoms with Crippen molar-refractivity contribution in [1.29, 1.82) is 5.26 Å². The Morgan fingerprint density at radius 3 is 2.56 bits per heavy atom. The molecule has 8 nitrogen and oxygen atoms in total. The lowest BCUT2D eigenvalue weighted by Gasteiger charge is -2.30. The number of sulfonamides is 1. The van der Waals surface area contributed by atoms with Crippen LogP contribution in [0.2, 0.25) is 0 Å². The zero-order chi connectivity index (χ0) is 24.3. The van der Waals surface area contributed by atoms with Gasteiger partial charge in [0.2, 0.25) is 15.9 Å². The Labute approximate surface area is 202 Å². The number of nitrogens with zero attached hydrogens (tertiary/aromatic N) is 3. The first-order chi connectivity index (χ1) is 16.3. The summed E-state index contributed by atoms with van der Waals surface area (Å²) in [6.07, 6.45) is 0.844. The van der Waals surface area contributed by atoms with Crippen molar-refractivity contribution in [2.45, 2.75) is 24.7 Å². The average Bonchev–Trinajstić information content (AvgIpc) is 3.32. The summed E-state index contributed by atoms with van der Waals surface area (Å²) in [6, 6.07) is 13.7. The van der Waals surface area contributed by atoms with E-state index in [0.29, 0.717) is 29.3 Å². The fraction of sp³-hybridized carbons (Fsp3) is 0.292. The topological polar surface area (TPSA) is 112 Å². The van der Waals surface area contributed by atoms with Gasteiger partial charge in [0.25, 0.3) is 0 Å². The van der Waals surface area contributed by atoms with E-state index in [1.807, 2.05) is 36.6 Å². The number of nitriles is 1. The molecule has 0 bridgehead atoms. The number of carbonyl (C=O) groups excluding carboxylic acids is 1. The molecule has 0 spiro atoms. The number of hydrogen-bond donors (Lipinski definition) is 1. The van der Waals surface area contributed by atoms with Gasteiger partial charge >= 0.3 is 0 Å². The first kappa shape index (κ1) is 23.9. The van der Waals surface area contributed by atoms with Gasteiger partial charge in [-0.25, -0.2) is 13.4 Å². The number of aromatic nitrogens is 1. The van der Waals surface area contributed by atoms with E-state index in [1.165, 1.54) is 39.9 Å². The molecule has 176 valence electrons. The molecule has 0 atom stereocenters. The van der Waals surface area contributed by atoms with E-state index in [4.69, 9.17) is 10.00 Å². The third kappa shape index (κ3) is 4.97. The minimum absolute atomic E-state index is 0.149. The van der Waals surface area contributed by atoms with Crippen LogP contribution in [0.25, 0.3) is 11.3 Å². The molecule has 1 aliphatic rings. The summed E-state index contributed by atoms with van der Waals surface area (Å²) in [5.41, 5.74) is 3.07. The summed E-state index contributed by atoms with van der Waals surface area (Å²) in [7, 11) is -2.05. The van der Waals surface area contributed by atoms with Crippen molar-refractivity contribution < 1.29 is 17.9 Å². The van der Waals surface area contributed by atoms with Crippen molar-refractivity contribution in [2.24, 2.45) is 5.92 Å². The van der Waals surface area contributed by atoms with Crippen molar-refractivity contribution >= 4 is 32.4 Å². The Hall–Kier alpha value is -3.26. The normalized spacial score (nSPS) is 15.0. The molecule has 1 N–H and O–H groups in total. The van der Waals surface area contributed by atoms with Gasteiger partial charge in [-0.15, -0.1) is 11.3 Å². The SMILES string of the molecule is COc1ccc(C)cc1-c1csc(NC(=O)C2CCN(S(=O)(=O)c3ccc(C#N)cc3)CC2)n1. The van der Waals surface area contributed by atoms with Gasteiger partial charge in [0.15, 0.2) is 5.13 Å². The molecule has 2 heterocycles. The first-order valence-electron chi connectivity index (χ1n) is 10.7. The summed E-state index contributed by atoms with van der Waals surface area (Å²) in [4.78, 5) is 17.5. The van der Waals surface area contributed by atoms with E-state index in [0.717, 1.165) is 16.8 Å². The largest absolute Gasteiger partial charge is 0.496 e. The van der Waals surface area contributed by atoms with Crippen LogP contribution in [0.15, 0.2) is 52.7 Å². The van der Waals surface area contributed by atoms with Gasteiger partial charge in [0, 0.05) is 30.0 Å². The van der Waals surface area contributed by atoms with Crippen LogP contribution in [0.4, 0.5) is 5.13 Å². The number of amides is 1. The lowest BCUT2D eigenvalue weighted by Crippen LogP contribution is -2.41. The van der Waals surface area contributed by atoms with Gasteiger partial charge in [-0.1, -0.05) is 11.6 Å². The number of methoxy groups -OCH3 is 1. The first-order valence-corrected chi connectivity index (χ1v) is 13.1. The van der Waals surface area contributed by atoms with Gasteiger partial charge in [-0.3, -0.25) is 4.79 Å². The third-order valence-corrected chi connectivity index (χ3v) is 8.48. The quantitative estimate of drug-likeness (QED) is 0.551. The summed E-state index contributed by atoms with van der Waals surface area (Å²) in [6.45, 7) is 2.50. The smallest absolute Gasteiger partial charge is 0.243 e. The standard InChI is InChI=1S/C24H24N4O4S2/c1-16-3-8-22(32-2)20(13-16)21-15-33-24(26-21)27-23(29)18-9-11-28(12-10-18)34(30,31)19-6-4-17(14-25)5-7-19/h3-8,13,15,18H,9-12H2,1-2H3,(H,26,27,29). The highest BCUT2D eigenvalue weighted by molar-refractivity contribution is 7.89. The van der Waals surface area contributed by atoms with Crippen molar-refractivity contribution in [3.05, 3.63) is 59.0 Å². The van der Waals surface area contributed by atoms with Crippen LogP contribution in [0.1, 0.15) is 24.0 Å². The molecule has 0 aliphatic carbocycles. The van der Waals surface area contributed by atoms with Crippen molar-refractivity contribution in [2.75, 3.05) is 25.5 Å². The second kappa shape index (κ2) is 9.93. The number of nitrogens with one attached hydrogen (secondary N) is 1. The second-order valence-corrected chi connectivity index (χ2v) is 10.8. The molecule has 0 radical (unpaired) electrons. The average molecular weight is 497 g/mol. The van der Waals surface area contributed by atoms with Crippen molar-refractivity contribution in [1.82, 2.24) is 9.29 Å². The molecule has 1 aliphatic heterocycles. The monoisotopic (exact) mass is 496 g/mol. The van der Waals surface area contributed by atoms with E-state index in [-0.39, 0.29) is 29.8 Å². The van der Waals surface area contributed by atoms with Crippen LogP contribution >= 0.6 is 11.3 Å². The van der Waals surface area contributed by atoms with Crippen molar-refractivity contribution in [3.63, 3.8) is 0 Å². The molecule has 1 saturated heterocycles. The Balaban J connectivity index is 1.38. The molecule has 2 aromatic carbocycles. The predicted molar refractivity (Wildman–Crippen MR) is 130 cm³/mol. The highest BCUT2D eigenvalue weighted by Gasteiger charge is 2.32. The zero-order valence-electron chi connectivity index (χ0n) is 18.8. The maximum Gasteiger partial charge on any atom is 0.243 e. The second-order valence-electron chi connectivity index (χ2n) is 8.05. The number of thiazole rings is 1. The Morgan fingerprint density at radius 2 is 1.91 bits per heavy atom. The number of carbonyl (C=O) groups is 1. The number of rotatable bonds is 6. The van der Waals surface area contributed by atoms with Crippen LogP contribution in [-0.2, 0) is 14.8 Å². The third-order valence-electron chi connectivity index (χ3n) is 5.81.